The predicted octanol–water partition coefficient (Wildman–Crippen LogP) is 3.28. The summed E-state index contributed by atoms with van der Waals surface area (Å²) in [6.07, 6.45) is 3.77. The van der Waals surface area contributed by atoms with E-state index in [0.717, 1.165) is 28.8 Å². The normalized spacial score (nSPS) is 29.0. The van der Waals surface area contributed by atoms with Gasteiger partial charge in [0.1, 0.15) is 13.2 Å². The molecule has 0 spiro atoms. The molecule has 1 heterocycles. The Morgan fingerprint density at radius 1 is 1.10 bits per heavy atom. The zero-order valence-corrected chi connectivity index (χ0v) is 12.3. The summed E-state index contributed by atoms with van der Waals surface area (Å²) in [5.74, 6) is 3.06. The van der Waals surface area contributed by atoms with Crippen molar-refractivity contribution in [1.29, 1.82) is 0 Å². The first-order chi connectivity index (χ1) is 9.63. The molecule has 1 aromatic carbocycles. The van der Waals surface area contributed by atoms with Gasteiger partial charge in [-0.05, 0) is 31.1 Å². The number of hydrogen-bond donors (Lipinski definition) is 2. The first-order valence-electron chi connectivity index (χ1n) is 7.59. The maximum Gasteiger partial charge on any atom is 0.163 e. The lowest BCUT2D eigenvalue weighted by molar-refractivity contribution is 0.172. The number of rotatable bonds is 2. The Morgan fingerprint density at radius 3 is 2.50 bits per heavy atom. The highest BCUT2D eigenvalue weighted by molar-refractivity contribution is 5.72. The van der Waals surface area contributed by atoms with E-state index in [-0.39, 0.29) is 0 Å². The van der Waals surface area contributed by atoms with Gasteiger partial charge in [0.05, 0.1) is 11.4 Å². The van der Waals surface area contributed by atoms with Crippen LogP contribution in [0.1, 0.15) is 33.1 Å². The van der Waals surface area contributed by atoms with Gasteiger partial charge in [0.25, 0.3) is 0 Å². The van der Waals surface area contributed by atoms with Crippen LogP contribution < -0.4 is 20.5 Å². The number of nitrogen functional groups attached to an aromatic ring is 1. The fourth-order valence-electron chi connectivity index (χ4n) is 3.31. The molecule has 3 atom stereocenters. The third-order valence-corrected chi connectivity index (χ3v) is 4.49. The van der Waals surface area contributed by atoms with Gasteiger partial charge in [-0.1, -0.05) is 13.8 Å². The molecule has 1 saturated carbocycles. The summed E-state index contributed by atoms with van der Waals surface area (Å²) >= 11 is 0. The Hall–Kier alpha value is -1.58. The molecule has 0 amide bonds. The van der Waals surface area contributed by atoms with Crippen molar-refractivity contribution < 1.29 is 9.47 Å². The summed E-state index contributed by atoms with van der Waals surface area (Å²) in [6.45, 7) is 5.86. The van der Waals surface area contributed by atoms with Gasteiger partial charge in [-0.2, -0.15) is 0 Å². The first kappa shape index (κ1) is 13.4. The van der Waals surface area contributed by atoms with Crippen molar-refractivity contribution >= 4 is 11.4 Å². The van der Waals surface area contributed by atoms with Crippen molar-refractivity contribution in [3.05, 3.63) is 12.1 Å². The standard InChI is InChI=1S/C16H24N2O2/c1-10-3-4-13(11(2)7-10)18-14-9-16-15(8-12(14)17)19-5-6-20-16/h8-11,13,18H,3-7,17H2,1-2H3. The van der Waals surface area contributed by atoms with Crippen LogP contribution in [0.5, 0.6) is 11.5 Å². The molecule has 0 aromatic heterocycles. The molecule has 0 bridgehead atoms. The molecule has 20 heavy (non-hydrogen) atoms. The highest BCUT2D eigenvalue weighted by atomic mass is 16.6. The molecule has 0 saturated heterocycles. The van der Waals surface area contributed by atoms with Crippen molar-refractivity contribution in [1.82, 2.24) is 0 Å². The molecule has 3 rings (SSSR count). The molecule has 3 unspecified atom stereocenters. The van der Waals surface area contributed by atoms with Crippen LogP contribution in [-0.4, -0.2) is 19.3 Å². The summed E-state index contributed by atoms with van der Waals surface area (Å²) in [5, 5.41) is 3.61. The number of fused-ring (bicyclic) bond motifs is 1. The first-order valence-corrected chi connectivity index (χ1v) is 7.59. The van der Waals surface area contributed by atoms with E-state index in [2.05, 4.69) is 19.2 Å². The highest BCUT2D eigenvalue weighted by Crippen LogP contribution is 2.39. The van der Waals surface area contributed by atoms with Gasteiger partial charge >= 0.3 is 0 Å². The minimum Gasteiger partial charge on any atom is -0.486 e. The zero-order valence-electron chi connectivity index (χ0n) is 12.3. The fourth-order valence-corrected chi connectivity index (χ4v) is 3.31. The number of ether oxygens (including phenoxy) is 2. The second kappa shape index (κ2) is 5.43. The van der Waals surface area contributed by atoms with Crippen LogP contribution in [-0.2, 0) is 0 Å². The van der Waals surface area contributed by atoms with E-state index in [4.69, 9.17) is 15.2 Å². The summed E-state index contributed by atoms with van der Waals surface area (Å²) in [5.41, 5.74) is 7.85. The van der Waals surface area contributed by atoms with Crippen LogP contribution in [0.15, 0.2) is 12.1 Å². The quantitative estimate of drug-likeness (QED) is 0.814. The van der Waals surface area contributed by atoms with Crippen LogP contribution in [0, 0.1) is 11.8 Å². The van der Waals surface area contributed by atoms with Crippen LogP contribution in [0.4, 0.5) is 11.4 Å². The van der Waals surface area contributed by atoms with Gasteiger partial charge in [0, 0.05) is 18.2 Å². The molecule has 4 nitrogen and oxygen atoms in total. The van der Waals surface area contributed by atoms with Gasteiger partial charge in [-0.15, -0.1) is 0 Å². The number of nitrogens with one attached hydrogen (secondary N) is 1. The lowest BCUT2D eigenvalue weighted by atomic mass is 9.80. The average molecular weight is 276 g/mol. The van der Waals surface area contributed by atoms with Crippen molar-refractivity contribution in [2.24, 2.45) is 11.8 Å². The third kappa shape index (κ3) is 2.65. The molecule has 1 fully saturated rings. The van der Waals surface area contributed by atoms with Gasteiger partial charge in [0.2, 0.25) is 0 Å². The number of hydrogen-bond acceptors (Lipinski definition) is 4. The van der Waals surface area contributed by atoms with E-state index in [1.165, 1.54) is 19.3 Å². The number of anilines is 2. The minimum absolute atomic E-state index is 0.496. The van der Waals surface area contributed by atoms with E-state index >= 15 is 0 Å². The molecule has 0 radical (unpaired) electrons. The van der Waals surface area contributed by atoms with Crippen molar-refractivity contribution in [2.75, 3.05) is 24.3 Å². The Bertz CT molecular complexity index is 490. The Labute approximate surface area is 120 Å². The van der Waals surface area contributed by atoms with Crippen LogP contribution in [0.2, 0.25) is 0 Å². The van der Waals surface area contributed by atoms with Gasteiger partial charge in [0.15, 0.2) is 11.5 Å². The van der Waals surface area contributed by atoms with Gasteiger partial charge in [-0.25, -0.2) is 0 Å². The van der Waals surface area contributed by atoms with E-state index in [9.17, 15) is 0 Å². The number of nitrogens with two attached hydrogens (primary N) is 1. The van der Waals surface area contributed by atoms with E-state index in [0.29, 0.717) is 25.2 Å². The van der Waals surface area contributed by atoms with Crippen molar-refractivity contribution in [2.45, 2.75) is 39.2 Å². The Balaban J connectivity index is 1.77. The second-order valence-electron chi connectivity index (χ2n) is 6.23. The summed E-state index contributed by atoms with van der Waals surface area (Å²) in [7, 11) is 0. The summed E-state index contributed by atoms with van der Waals surface area (Å²) < 4.78 is 11.2. The van der Waals surface area contributed by atoms with Crippen molar-refractivity contribution in [3.63, 3.8) is 0 Å². The predicted molar refractivity (Wildman–Crippen MR) is 81.4 cm³/mol. The molecule has 1 aliphatic heterocycles. The van der Waals surface area contributed by atoms with E-state index < -0.39 is 0 Å². The SMILES string of the molecule is CC1CCC(Nc2cc3c(cc2N)OCCO3)C(C)C1. The van der Waals surface area contributed by atoms with E-state index in [1.807, 2.05) is 12.1 Å². The molecule has 3 N–H and O–H groups in total. The van der Waals surface area contributed by atoms with Crippen LogP contribution in [0.25, 0.3) is 0 Å². The fraction of sp³-hybridized carbons (Fsp3) is 0.625. The largest absolute Gasteiger partial charge is 0.486 e. The topological polar surface area (TPSA) is 56.5 Å². The van der Waals surface area contributed by atoms with Crippen LogP contribution in [0.3, 0.4) is 0 Å². The number of benzene rings is 1. The molecular weight excluding hydrogens is 252 g/mol. The van der Waals surface area contributed by atoms with Crippen molar-refractivity contribution in [3.8, 4) is 11.5 Å². The van der Waals surface area contributed by atoms with Crippen LogP contribution >= 0.6 is 0 Å². The lowest BCUT2D eigenvalue weighted by Gasteiger charge is -2.34. The Kier molecular flexibility index (Phi) is 3.64. The summed E-state index contributed by atoms with van der Waals surface area (Å²) in [4.78, 5) is 0. The maximum absolute atomic E-state index is 6.14. The highest BCUT2D eigenvalue weighted by Gasteiger charge is 2.26. The lowest BCUT2D eigenvalue weighted by Crippen LogP contribution is -2.33. The molecule has 2 aliphatic rings. The minimum atomic E-state index is 0.496. The monoisotopic (exact) mass is 276 g/mol. The molecule has 4 heteroatoms. The molecule has 1 aromatic rings. The molecular formula is C16H24N2O2. The van der Waals surface area contributed by atoms with Gasteiger partial charge in [-0.3, -0.25) is 0 Å². The summed E-state index contributed by atoms with van der Waals surface area (Å²) in [6, 6.07) is 4.35. The Morgan fingerprint density at radius 2 is 1.80 bits per heavy atom. The maximum atomic E-state index is 6.14. The average Bonchev–Trinajstić information content (AvgIpc) is 2.42. The molecule has 1 aliphatic carbocycles. The zero-order chi connectivity index (χ0) is 14.1. The smallest absolute Gasteiger partial charge is 0.163 e. The van der Waals surface area contributed by atoms with E-state index in [1.54, 1.807) is 0 Å². The molecule has 110 valence electrons. The second-order valence-corrected chi connectivity index (χ2v) is 6.23. The van der Waals surface area contributed by atoms with Gasteiger partial charge < -0.3 is 20.5 Å². The third-order valence-electron chi connectivity index (χ3n) is 4.49.